The molecule has 3 N–H and O–H groups in total. The lowest BCUT2D eigenvalue weighted by atomic mass is 10.2. The van der Waals surface area contributed by atoms with E-state index >= 15 is 0 Å². The molecule has 0 aromatic heterocycles. The van der Waals surface area contributed by atoms with Crippen molar-refractivity contribution in [2.75, 3.05) is 32.8 Å². The first-order valence-corrected chi connectivity index (χ1v) is 5.58. The fourth-order valence-electron chi connectivity index (χ4n) is 1.61. The van der Waals surface area contributed by atoms with Crippen LogP contribution in [0.25, 0.3) is 0 Å². The van der Waals surface area contributed by atoms with Gasteiger partial charge in [0.2, 0.25) is 5.91 Å². The van der Waals surface area contributed by atoms with Crippen molar-refractivity contribution in [1.29, 1.82) is 0 Å². The van der Waals surface area contributed by atoms with E-state index in [1.165, 1.54) is 0 Å². The van der Waals surface area contributed by atoms with Crippen molar-refractivity contribution < 1.29 is 14.4 Å². The Morgan fingerprint density at radius 3 is 3.06 bits per heavy atom. The predicted octanol–water partition coefficient (Wildman–Crippen LogP) is -0.898. The van der Waals surface area contributed by atoms with Gasteiger partial charge in [0.05, 0.1) is 12.7 Å². The number of hydrogen-bond acceptors (Lipinski definition) is 5. The summed E-state index contributed by atoms with van der Waals surface area (Å²) in [5.41, 5.74) is 7.62. The highest BCUT2D eigenvalue weighted by Crippen LogP contribution is 2.07. The number of nitrogens with one attached hydrogen (secondary N) is 1. The molecule has 0 radical (unpaired) electrons. The summed E-state index contributed by atoms with van der Waals surface area (Å²) in [6.07, 6.45) is 0.101. The van der Waals surface area contributed by atoms with Crippen LogP contribution in [0.3, 0.4) is 0 Å². The minimum absolute atomic E-state index is 0.101. The number of rotatable bonds is 6. The molecule has 0 bridgehead atoms. The summed E-state index contributed by atoms with van der Waals surface area (Å²) < 4.78 is 5.57. The number of nitrogens with zero attached hydrogens (tertiary/aromatic N) is 1. The SMILES string of the molecule is CC(C)N1CCOC(CNOCC(N)=O)C1. The quantitative estimate of drug-likeness (QED) is 0.458. The number of hydroxylamine groups is 1. The first kappa shape index (κ1) is 13.4. The van der Waals surface area contributed by atoms with Crippen LogP contribution in [0, 0.1) is 0 Å². The molecule has 94 valence electrons. The van der Waals surface area contributed by atoms with Gasteiger partial charge in [0.25, 0.3) is 0 Å². The minimum atomic E-state index is -0.485. The zero-order valence-electron chi connectivity index (χ0n) is 9.94. The molecular weight excluding hydrogens is 210 g/mol. The molecule has 1 fully saturated rings. The van der Waals surface area contributed by atoms with Crippen molar-refractivity contribution in [1.82, 2.24) is 10.4 Å². The lowest BCUT2D eigenvalue weighted by Crippen LogP contribution is -2.49. The van der Waals surface area contributed by atoms with Gasteiger partial charge in [-0.25, -0.2) is 0 Å². The molecule has 1 saturated heterocycles. The maximum atomic E-state index is 10.4. The first-order chi connectivity index (χ1) is 7.59. The third-order valence-electron chi connectivity index (χ3n) is 2.53. The molecule has 0 aliphatic carbocycles. The maximum absolute atomic E-state index is 10.4. The molecule has 0 aromatic rings. The van der Waals surface area contributed by atoms with Crippen molar-refractivity contribution >= 4 is 5.91 Å². The number of primary amides is 1. The summed E-state index contributed by atoms with van der Waals surface area (Å²) in [6, 6.07) is 0.526. The number of nitrogens with two attached hydrogens (primary N) is 1. The van der Waals surface area contributed by atoms with Gasteiger partial charge in [-0.1, -0.05) is 0 Å². The van der Waals surface area contributed by atoms with Crippen LogP contribution in [-0.4, -0.2) is 55.8 Å². The van der Waals surface area contributed by atoms with Crippen LogP contribution in [0.2, 0.25) is 0 Å². The van der Waals surface area contributed by atoms with E-state index in [2.05, 4.69) is 24.2 Å². The monoisotopic (exact) mass is 231 g/mol. The van der Waals surface area contributed by atoms with Crippen LogP contribution in [0.1, 0.15) is 13.8 Å². The van der Waals surface area contributed by atoms with Crippen molar-refractivity contribution in [3.05, 3.63) is 0 Å². The van der Waals surface area contributed by atoms with Gasteiger partial charge < -0.3 is 10.5 Å². The Labute approximate surface area is 96.0 Å². The van der Waals surface area contributed by atoms with E-state index in [0.717, 1.165) is 19.7 Å². The predicted molar refractivity (Wildman–Crippen MR) is 59.6 cm³/mol. The Bertz CT molecular complexity index is 223. The number of hydrogen-bond donors (Lipinski definition) is 2. The van der Waals surface area contributed by atoms with Crippen molar-refractivity contribution in [2.24, 2.45) is 5.73 Å². The molecule has 1 amide bonds. The molecule has 16 heavy (non-hydrogen) atoms. The van der Waals surface area contributed by atoms with Crippen LogP contribution < -0.4 is 11.2 Å². The van der Waals surface area contributed by atoms with Crippen LogP contribution >= 0.6 is 0 Å². The van der Waals surface area contributed by atoms with Gasteiger partial charge in [-0.2, -0.15) is 5.48 Å². The van der Waals surface area contributed by atoms with Crippen LogP contribution in [0.15, 0.2) is 0 Å². The van der Waals surface area contributed by atoms with Gasteiger partial charge >= 0.3 is 0 Å². The van der Waals surface area contributed by atoms with Crippen molar-refractivity contribution in [3.8, 4) is 0 Å². The molecule has 1 aliphatic heterocycles. The van der Waals surface area contributed by atoms with E-state index in [-0.39, 0.29) is 12.7 Å². The second kappa shape index (κ2) is 6.80. The van der Waals surface area contributed by atoms with Crippen LogP contribution in [-0.2, 0) is 14.4 Å². The fourth-order valence-corrected chi connectivity index (χ4v) is 1.61. The van der Waals surface area contributed by atoms with Gasteiger partial charge in [0.1, 0.15) is 6.61 Å². The number of amides is 1. The Morgan fingerprint density at radius 2 is 2.44 bits per heavy atom. The van der Waals surface area contributed by atoms with Gasteiger partial charge in [0, 0.05) is 25.7 Å². The molecule has 0 aromatic carbocycles. The molecule has 0 spiro atoms. The molecule has 6 nitrogen and oxygen atoms in total. The average Bonchev–Trinajstić information content (AvgIpc) is 2.24. The Kier molecular flexibility index (Phi) is 5.68. The lowest BCUT2D eigenvalue weighted by Gasteiger charge is -2.35. The average molecular weight is 231 g/mol. The van der Waals surface area contributed by atoms with Crippen molar-refractivity contribution in [2.45, 2.75) is 26.0 Å². The van der Waals surface area contributed by atoms with Gasteiger partial charge in [-0.15, -0.1) is 0 Å². The first-order valence-electron chi connectivity index (χ1n) is 5.58. The smallest absolute Gasteiger partial charge is 0.245 e. The standard InChI is InChI=1S/C10H21N3O3/c1-8(2)13-3-4-15-9(6-13)5-12-16-7-10(11)14/h8-9,12H,3-7H2,1-2H3,(H2,11,14). The topological polar surface area (TPSA) is 76.8 Å². The maximum Gasteiger partial charge on any atom is 0.245 e. The van der Waals surface area contributed by atoms with Crippen molar-refractivity contribution in [3.63, 3.8) is 0 Å². The third kappa shape index (κ3) is 4.89. The van der Waals surface area contributed by atoms with Crippen LogP contribution in [0.4, 0.5) is 0 Å². The summed E-state index contributed by atoms with van der Waals surface area (Å²) in [4.78, 5) is 17.6. The molecular formula is C10H21N3O3. The van der Waals surface area contributed by atoms with E-state index in [1.54, 1.807) is 0 Å². The van der Waals surface area contributed by atoms with Gasteiger partial charge in [-0.3, -0.25) is 14.5 Å². The molecule has 1 unspecified atom stereocenters. The Balaban J connectivity index is 2.14. The lowest BCUT2D eigenvalue weighted by molar-refractivity contribution is -0.126. The number of carbonyl (C=O) groups is 1. The number of morpholine rings is 1. The van der Waals surface area contributed by atoms with Crippen LogP contribution in [0.5, 0.6) is 0 Å². The molecule has 1 heterocycles. The molecule has 1 aliphatic rings. The summed E-state index contributed by atoms with van der Waals surface area (Å²) in [5.74, 6) is -0.485. The molecule has 1 atom stereocenters. The van der Waals surface area contributed by atoms with E-state index in [1.807, 2.05) is 0 Å². The number of carbonyl (C=O) groups excluding carboxylic acids is 1. The second-order valence-corrected chi connectivity index (χ2v) is 4.18. The third-order valence-corrected chi connectivity index (χ3v) is 2.53. The highest BCUT2D eigenvalue weighted by molar-refractivity contribution is 5.74. The van der Waals surface area contributed by atoms with E-state index in [9.17, 15) is 4.79 Å². The summed E-state index contributed by atoms with van der Waals surface area (Å²) in [5, 5.41) is 0. The summed E-state index contributed by atoms with van der Waals surface area (Å²) in [7, 11) is 0. The zero-order valence-corrected chi connectivity index (χ0v) is 9.94. The largest absolute Gasteiger partial charge is 0.374 e. The fraction of sp³-hybridized carbons (Fsp3) is 0.900. The Hall–Kier alpha value is -0.690. The molecule has 0 saturated carbocycles. The van der Waals surface area contributed by atoms with Gasteiger partial charge in [-0.05, 0) is 13.8 Å². The van der Waals surface area contributed by atoms with E-state index in [4.69, 9.17) is 15.3 Å². The zero-order chi connectivity index (χ0) is 12.0. The summed E-state index contributed by atoms with van der Waals surface area (Å²) >= 11 is 0. The normalized spacial score (nSPS) is 22.6. The van der Waals surface area contributed by atoms with E-state index in [0.29, 0.717) is 12.6 Å². The Morgan fingerprint density at radius 1 is 1.69 bits per heavy atom. The van der Waals surface area contributed by atoms with E-state index < -0.39 is 5.91 Å². The molecule has 1 rings (SSSR count). The van der Waals surface area contributed by atoms with Gasteiger partial charge in [0.15, 0.2) is 0 Å². The number of ether oxygens (including phenoxy) is 1. The minimum Gasteiger partial charge on any atom is -0.374 e. The second-order valence-electron chi connectivity index (χ2n) is 4.18. The highest BCUT2D eigenvalue weighted by atomic mass is 16.6. The highest BCUT2D eigenvalue weighted by Gasteiger charge is 2.21. The molecule has 6 heteroatoms. The summed E-state index contributed by atoms with van der Waals surface area (Å²) in [6.45, 7) is 7.37.